The Morgan fingerprint density at radius 2 is 2.00 bits per heavy atom. The molecule has 0 radical (unpaired) electrons. The molecule has 1 amide bonds. The number of rotatable bonds is 1. The number of hydrogen-bond acceptors (Lipinski definition) is 2. The average Bonchev–Trinajstić information content (AvgIpc) is 2.42. The van der Waals surface area contributed by atoms with E-state index in [1.165, 1.54) is 19.3 Å². The van der Waals surface area contributed by atoms with Crippen molar-refractivity contribution in [1.82, 2.24) is 5.32 Å². The van der Waals surface area contributed by atoms with Gasteiger partial charge in [0.25, 0.3) is 0 Å². The molecule has 0 aromatic rings. The minimum absolute atomic E-state index is 0.0832. The first-order valence-corrected chi connectivity index (χ1v) is 6.63. The van der Waals surface area contributed by atoms with Crippen LogP contribution in [0.3, 0.4) is 0 Å². The molecular weight excluding hydrogens is 202 g/mol. The van der Waals surface area contributed by atoms with Crippen molar-refractivity contribution in [2.24, 2.45) is 17.8 Å². The molecule has 2 saturated heterocycles. The normalized spacial score (nSPS) is 38.4. The second-order valence-electron chi connectivity index (χ2n) is 5.76. The molecule has 2 atom stereocenters. The summed E-state index contributed by atoms with van der Waals surface area (Å²) >= 11 is 0. The molecule has 1 spiro atoms. The molecule has 2 unspecified atom stereocenters. The molecule has 2 heterocycles. The summed E-state index contributed by atoms with van der Waals surface area (Å²) < 4.78 is 5.46. The molecule has 0 bridgehead atoms. The Kier molecular flexibility index (Phi) is 2.46. The maximum Gasteiger partial charge on any atom is 0.223 e. The predicted octanol–water partition coefficient (Wildman–Crippen LogP) is 1.72. The Labute approximate surface area is 96.9 Å². The SMILES string of the molecule is CC1C(=O)NC2(CCOCC2)C1C1CCC1. The van der Waals surface area contributed by atoms with Crippen molar-refractivity contribution in [1.29, 1.82) is 0 Å². The van der Waals surface area contributed by atoms with E-state index in [2.05, 4.69) is 12.2 Å². The number of hydrogen-bond donors (Lipinski definition) is 1. The fourth-order valence-electron chi connectivity index (χ4n) is 3.94. The Morgan fingerprint density at radius 1 is 1.31 bits per heavy atom. The summed E-state index contributed by atoms with van der Waals surface area (Å²) in [5.74, 6) is 1.84. The average molecular weight is 223 g/mol. The zero-order valence-corrected chi connectivity index (χ0v) is 10.00. The molecule has 3 heteroatoms. The van der Waals surface area contributed by atoms with E-state index in [-0.39, 0.29) is 17.4 Å². The van der Waals surface area contributed by atoms with Gasteiger partial charge < -0.3 is 10.1 Å². The van der Waals surface area contributed by atoms with Crippen LogP contribution in [0.1, 0.15) is 39.0 Å². The summed E-state index contributed by atoms with van der Waals surface area (Å²) in [5, 5.41) is 3.30. The number of carbonyl (C=O) groups excluding carboxylic acids is 1. The summed E-state index contributed by atoms with van der Waals surface area (Å²) in [7, 11) is 0. The minimum atomic E-state index is 0.0832. The quantitative estimate of drug-likeness (QED) is 0.735. The van der Waals surface area contributed by atoms with Gasteiger partial charge in [-0.3, -0.25) is 4.79 Å². The van der Waals surface area contributed by atoms with E-state index in [9.17, 15) is 4.79 Å². The highest BCUT2D eigenvalue weighted by Crippen LogP contribution is 2.49. The lowest BCUT2D eigenvalue weighted by Crippen LogP contribution is -2.52. The highest BCUT2D eigenvalue weighted by Gasteiger charge is 2.54. The van der Waals surface area contributed by atoms with E-state index in [0.717, 1.165) is 32.0 Å². The lowest BCUT2D eigenvalue weighted by atomic mass is 9.63. The summed E-state index contributed by atoms with van der Waals surface area (Å²) in [5.41, 5.74) is 0.0832. The Balaban J connectivity index is 1.86. The largest absolute Gasteiger partial charge is 0.381 e. The van der Waals surface area contributed by atoms with Crippen molar-refractivity contribution in [3.63, 3.8) is 0 Å². The van der Waals surface area contributed by atoms with E-state index in [1.807, 2.05) is 0 Å². The van der Waals surface area contributed by atoms with Gasteiger partial charge in [0.05, 0.1) is 0 Å². The first-order valence-electron chi connectivity index (χ1n) is 6.63. The maximum atomic E-state index is 12.0. The van der Waals surface area contributed by atoms with Crippen LogP contribution in [0.5, 0.6) is 0 Å². The summed E-state index contributed by atoms with van der Waals surface area (Å²) in [6.45, 7) is 3.75. The van der Waals surface area contributed by atoms with Gasteiger partial charge in [0.2, 0.25) is 5.91 Å². The van der Waals surface area contributed by atoms with E-state index in [1.54, 1.807) is 0 Å². The molecule has 0 aromatic carbocycles. The first-order chi connectivity index (χ1) is 7.73. The van der Waals surface area contributed by atoms with Crippen molar-refractivity contribution in [2.75, 3.05) is 13.2 Å². The summed E-state index contributed by atoms with van der Waals surface area (Å²) in [6, 6.07) is 0. The molecule has 3 nitrogen and oxygen atoms in total. The molecule has 90 valence electrons. The van der Waals surface area contributed by atoms with Crippen molar-refractivity contribution in [3.8, 4) is 0 Å². The van der Waals surface area contributed by atoms with Gasteiger partial charge in [-0.25, -0.2) is 0 Å². The molecule has 16 heavy (non-hydrogen) atoms. The molecule has 1 aliphatic carbocycles. The monoisotopic (exact) mass is 223 g/mol. The standard InChI is InChI=1S/C13H21NO2/c1-9-11(10-3-2-4-10)13(14-12(9)15)5-7-16-8-6-13/h9-11H,2-8H2,1H3,(H,14,15). The molecule has 1 saturated carbocycles. The third-order valence-corrected chi connectivity index (χ3v) is 5.01. The van der Waals surface area contributed by atoms with Crippen LogP contribution in [0.25, 0.3) is 0 Å². The fourth-order valence-corrected chi connectivity index (χ4v) is 3.94. The van der Waals surface area contributed by atoms with Gasteiger partial charge in [-0.2, -0.15) is 0 Å². The lowest BCUT2D eigenvalue weighted by Gasteiger charge is -2.45. The molecule has 3 aliphatic rings. The minimum Gasteiger partial charge on any atom is -0.381 e. The smallest absolute Gasteiger partial charge is 0.223 e. The highest BCUT2D eigenvalue weighted by atomic mass is 16.5. The van der Waals surface area contributed by atoms with Crippen LogP contribution < -0.4 is 5.32 Å². The number of nitrogens with one attached hydrogen (secondary N) is 1. The van der Waals surface area contributed by atoms with Gasteiger partial charge >= 0.3 is 0 Å². The van der Waals surface area contributed by atoms with E-state index < -0.39 is 0 Å². The van der Waals surface area contributed by atoms with Crippen molar-refractivity contribution in [2.45, 2.75) is 44.6 Å². The van der Waals surface area contributed by atoms with Crippen molar-refractivity contribution in [3.05, 3.63) is 0 Å². The summed E-state index contributed by atoms with van der Waals surface area (Å²) in [6.07, 6.45) is 6.04. The van der Waals surface area contributed by atoms with E-state index in [0.29, 0.717) is 5.92 Å². The van der Waals surface area contributed by atoms with Crippen LogP contribution >= 0.6 is 0 Å². The van der Waals surface area contributed by atoms with Crippen LogP contribution in [0.15, 0.2) is 0 Å². The lowest BCUT2D eigenvalue weighted by molar-refractivity contribution is -0.123. The van der Waals surface area contributed by atoms with Crippen LogP contribution in [0.2, 0.25) is 0 Å². The molecule has 2 aliphatic heterocycles. The zero-order valence-electron chi connectivity index (χ0n) is 10.00. The molecule has 1 N–H and O–H groups in total. The van der Waals surface area contributed by atoms with Gasteiger partial charge in [0.15, 0.2) is 0 Å². The first kappa shape index (κ1) is 10.6. The zero-order chi connectivity index (χ0) is 11.2. The van der Waals surface area contributed by atoms with Gasteiger partial charge in [-0.05, 0) is 24.7 Å². The van der Waals surface area contributed by atoms with E-state index >= 15 is 0 Å². The topological polar surface area (TPSA) is 38.3 Å². The summed E-state index contributed by atoms with van der Waals surface area (Å²) in [4.78, 5) is 12.0. The number of amides is 1. The predicted molar refractivity (Wildman–Crippen MR) is 60.9 cm³/mol. The van der Waals surface area contributed by atoms with Gasteiger partial charge in [-0.15, -0.1) is 0 Å². The van der Waals surface area contributed by atoms with Gasteiger partial charge in [-0.1, -0.05) is 26.2 Å². The van der Waals surface area contributed by atoms with Crippen LogP contribution in [-0.2, 0) is 9.53 Å². The van der Waals surface area contributed by atoms with Crippen molar-refractivity contribution < 1.29 is 9.53 Å². The third-order valence-electron chi connectivity index (χ3n) is 5.01. The molecular formula is C13H21NO2. The Bertz CT molecular complexity index is 292. The van der Waals surface area contributed by atoms with Crippen LogP contribution in [0.4, 0.5) is 0 Å². The van der Waals surface area contributed by atoms with E-state index in [4.69, 9.17) is 4.74 Å². The van der Waals surface area contributed by atoms with Crippen LogP contribution in [0, 0.1) is 17.8 Å². The van der Waals surface area contributed by atoms with Crippen molar-refractivity contribution >= 4 is 5.91 Å². The fraction of sp³-hybridized carbons (Fsp3) is 0.923. The highest BCUT2D eigenvalue weighted by molar-refractivity contribution is 5.82. The Hall–Kier alpha value is -0.570. The molecule has 3 rings (SSSR count). The molecule has 3 fully saturated rings. The number of ether oxygens (including phenoxy) is 1. The number of carbonyl (C=O) groups is 1. The molecule has 0 aromatic heterocycles. The van der Waals surface area contributed by atoms with Gasteiger partial charge in [0.1, 0.15) is 0 Å². The van der Waals surface area contributed by atoms with Crippen LogP contribution in [-0.4, -0.2) is 24.7 Å². The van der Waals surface area contributed by atoms with Gasteiger partial charge in [0, 0.05) is 24.7 Å². The second-order valence-corrected chi connectivity index (χ2v) is 5.76. The third kappa shape index (κ3) is 1.41. The Morgan fingerprint density at radius 3 is 2.56 bits per heavy atom. The maximum absolute atomic E-state index is 12.0. The second kappa shape index (κ2) is 3.73.